The number of hydrogen-bond acceptors (Lipinski definition) is 6. The summed E-state index contributed by atoms with van der Waals surface area (Å²) in [5.41, 5.74) is 1.84. The number of likely N-dealkylation sites (tertiary alicyclic amines) is 1. The second-order valence-corrected chi connectivity index (χ2v) is 12.4. The summed E-state index contributed by atoms with van der Waals surface area (Å²) in [4.78, 5) is 27.2. The quantitative estimate of drug-likeness (QED) is 0.428. The van der Waals surface area contributed by atoms with Crippen LogP contribution in [0.5, 0.6) is 0 Å². The molecule has 0 spiro atoms. The summed E-state index contributed by atoms with van der Waals surface area (Å²) in [6, 6.07) is 8.76. The molecule has 1 saturated heterocycles. The number of aromatic amines is 1. The van der Waals surface area contributed by atoms with Crippen LogP contribution >= 0.6 is 0 Å². The molecule has 1 fully saturated rings. The molecule has 1 N–H and O–H groups in total. The maximum Gasteiger partial charge on any atom is 0.410 e. The Labute approximate surface area is 210 Å². The number of carbonyl (C=O) groups excluding carboxylic acids is 1. The minimum absolute atomic E-state index is 0.0241. The Morgan fingerprint density at radius 2 is 1.92 bits per heavy atom. The van der Waals surface area contributed by atoms with Crippen LogP contribution in [0.15, 0.2) is 52.6 Å². The maximum absolute atomic E-state index is 13.9. The zero-order chi connectivity index (χ0) is 25.8. The molecule has 10 heteroatoms. The van der Waals surface area contributed by atoms with Crippen molar-refractivity contribution < 1.29 is 17.9 Å². The third-order valence-corrected chi connectivity index (χ3v) is 8.59. The molecule has 0 bridgehead atoms. The predicted molar refractivity (Wildman–Crippen MR) is 136 cm³/mol. The van der Waals surface area contributed by atoms with Crippen LogP contribution in [0.3, 0.4) is 0 Å². The standard InChI is InChI=1S/C26H31N5O4S/c1-16-11-13-30(25(32)35-26(3,4)5)15-18(16)23-29-24(36(33,34)21-9-7-6-8-17(21)2)20-14-28-22-19(31(20)23)10-12-27-22/h6-10,12,14,16,18,27H,11,13,15H2,1-5H3/t16-,18+/m0/s1. The first-order valence-electron chi connectivity index (χ1n) is 12.1. The number of piperidine rings is 1. The van der Waals surface area contributed by atoms with Crippen LogP contribution in [0.1, 0.15) is 51.4 Å². The van der Waals surface area contributed by atoms with Gasteiger partial charge in [-0.05, 0) is 57.7 Å². The zero-order valence-electron chi connectivity index (χ0n) is 21.1. The monoisotopic (exact) mass is 509 g/mol. The van der Waals surface area contributed by atoms with Crippen LogP contribution in [0.25, 0.3) is 16.7 Å². The summed E-state index contributed by atoms with van der Waals surface area (Å²) >= 11 is 0. The Balaban J connectivity index is 1.67. The molecule has 0 radical (unpaired) electrons. The van der Waals surface area contributed by atoms with E-state index in [9.17, 15) is 13.2 Å². The lowest BCUT2D eigenvalue weighted by Crippen LogP contribution is -2.45. The molecule has 190 valence electrons. The normalized spacial score (nSPS) is 19.2. The topological polar surface area (TPSA) is 110 Å². The smallest absolute Gasteiger partial charge is 0.410 e. The number of ether oxygens (including phenoxy) is 1. The first-order chi connectivity index (χ1) is 17.0. The minimum Gasteiger partial charge on any atom is -0.444 e. The Morgan fingerprint density at radius 3 is 2.64 bits per heavy atom. The number of rotatable bonds is 3. The van der Waals surface area contributed by atoms with Gasteiger partial charge in [0.1, 0.15) is 16.9 Å². The summed E-state index contributed by atoms with van der Waals surface area (Å²) in [6.07, 6.45) is 3.70. The van der Waals surface area contributed by atoms with Gasteiger partial charge < -0.3 is 14.6 Å². The molecular weight excluding hydrogens is 478 g/mol. The van der Waals surface area contributed by atoms with Crippen molar-refractivity contribution in [2.75, 3.05) is 13.1 Å². The van der Waals surface area contributed by atoms with Crippen LogP contribution in [0, 0.1) is 12.8 Å². The molecule has 1 aliphatic rings. The van der Waals surface area contributed by atoms with Crippen LogP contribution in [-0.4, -0.2) is 57.5 Å². The molecule has 1 aromatic carbocycles. The summed E-state index contributed by atoms with van der Waals surface area (Å²) in [5, 5.41) is -0.0241. The SMILES string of the molecule is Cc1ccccc1S(=O)(=O)c1nc([C@@H]2CN(C(=O)OC(C)(C)C)CC[C@@H]2C)n2c1cnc1[nH]ccc12. The third-order valence-electron chi connectivity index (χ3n) is 6.75. The van der Waals surface area contributed by atoms with Crippen LogP contribution in [0.2, 0.25) is 0 Å². The van der Waals surface area contributed by atoms with Crippen molar-refractivity contribution in [1.82, 2.24) is 24.3 Å². The minimum atomic E-state index is -3.92. The van der Waals surface area contributed by atoms with Crippen molar-refractivity contribution in [2.24, 2.45) is 5.92 Å². The molecule has 4 aromatic rings. The number of fused-ring (bicyclic) bond motifs is 3. The summed E-state index contributed by atoms with van der Waals surface area (Å²) in [7, 11) is -3.92. The molecule has 1 aliphatic heterocycles. The van der Waals surface area contributed by atoms with E-state index in [0.717, 1.165) is 11.9 Å². The van der Waals surface area contributed by atoms with Gasteiger partial charge in [-0.1, -0.05) is 25.1 Å². The number of nitrogens with zero attached hydrogens (tertiary/aromatic N) is 4. The fraction of sp³-hybridized carbons (Fsp3) is 0.423. The zero-order valence-corrected chi connectivity index (χ0v) is 22.0. The molecule has 4 heterocycles. The number of amides is 1. The van der Waals surface area contributed by atoms with E-state index in [2.05, 4.69) is 16.9 Å². The van der Waals surface area contributed by atoms with Crippen molar-refractivity contribution in [3.05, 3.63) is 54.1 Å². The largest absolute Gasteiger partial charge is 0.444 e. The van der Waals surface area contributed by atoms with Crippen molar-refractivity contribution in [1.29, 1.82) is 0 Å². The molecule has 0 unspecified atom stereocenters. The van der Waals surface area contributed by atoms with Crippen molar-refractivity contribution in [3.8, 4) is 0 Å². The van der Waals surface area contributed by atoms with E-state index in [1.165, 1.54) is 0 Å². The number of sulfone groups is 1. The van der Waals surface area contributed by atoms with Crippen LogP contribution in [-0.2, 0) is 14.6 Å². The molecule has 0 aliphatic carbocycles. The lowest BCUT2D eigenvalue weighted by atomic mass is 9.86. The van der Waals surface area contributed by atoms with Gasteiger partial charge >= 0.3 is 6.09 Å². The predicted octanol–water partition coefficient (Wildman–Crippen LogP) is 4.71. The first kappa shape index (κ1) is 24.3. The average molecular weight is 510 g/mol. The van der Waals surface area contributed by atoms with Crippen molar-refractivity contribution >= 4 is 32.6 Å². The van der Waals surface area contributed by atoms with Gasteiger partial charge in [0.2, 0.25) is 9.84 Å². The highest BCUT2D eigenvalue weighted by molar-refractivity contribution is 7.91. The summed E-state index contributed by atoms with van der Waals surface area (Å²) < 4.78 is 35.2. The maximum atomic E-state index is 13.9. The number of aryl methyl sites for hydroxylation is 1. The van der Waals surface area contributed by atoms with Crippen LogP contribution < -0.4 is 0 Å². The Kier molecular flexibility index (Phi) is 5.82. The van der Waals surface area contributed by atoms with Gasteiger partial charge in [0.05, 0.1) is 16.6 Å². The number of aromatic nitrogens is 4. The van der Waals surface area contributed by atoms with E-state index < -0.39 is 15.4 Å². The number of H-pyrrole nitrogens is 1. The average Bonchev–Trinajstić information content (AvgIpc) is 3.43. The number of carbonyl (C=O) groups is 1. The number of hydrogen-bond donors (Lipinski definition) is 1. The van der Waals surface area contributed by atoms with Gasteiger partial charge in [-0.15, -0.1) is 0 Å². The molecule has 1 amide bonds. The molecule has 36 heavy (non-hydrogen) atoms. The molecular formula is C26H31N5O4S. The van der Waals surface area contributed by atoms with Gasteiger partial charge in [-0.2, -0.15) is 0 Å². The highest BCUT2D eigenvalue weighted by atomic mass is 32.2. The number of imidazole rings is 1. The van der Waals surface area contributed by atoms with E-state index in [0.29, 0.717) is 35.6 Å². The van der Waals surface area contributed by atoms with Gasteiger partial charge in [0, 0.05) is 25.2 Å². The van der Waals surface area contributed by atoms with E-state index in [1.54, 1.807) is 42.4 Å². The fourth-order valence-electron chi connectivity index (χ4n) is 4.86. The van der Waals surface area contributed by atoms with Crippen molar-refractivity contribution in [2.45, 2.75) is 62.5 Å². The highest BCUT2D eigenvalue weighted by Crippen LogP contribution is 2.37. The fourth-order valence-corrected chi connectivity index (χ4v) is 6.46. The Morgan fingerprint density at radius 1 is 1.17 bits per heavy atom. The lowest BCUT2D eigenvalue weighted by Gasteiger charge is -2.37. The van der Waals surface area contributed by atoms with Gasteiger partial charge in [0.15, 0.2) is 10.7 Å². The molecule has 5 rings (SSSR count). The second kappa shape index (κ2) is 8.62. The lowest BCUT2D eigenvalue weighted by molar-refractivity contribution is 0.0160. The Bertz CT molecular complexity index is 1560. The summed E-state index contributed by atoms with van der Waals surface area (Å²) in [5.74, 6) is 0.579. The van der Waals surface area contributed by atoms with E-state index in [1.807, 2.05) is 37.3 Å². The molecule has 2 atom stereocenters. The summed E-state index contributed by atoms with van der Waals surface area (Å²) in [6.45, 7) is 10.4. The van der Waals surface area contributed by atoms with Gasteiger partial charge in [-0.25, -0.2) is 23.2 Å². The van der Waals surface area contributed by atoms with Gasteiger partial charge in [0.25, 0.3) is 0 Å². The molecule has 9 nitrogen and oxygen atoms in total. The van der Waals surface area contributed by atoms with Crippen LogP contribution in [0.4, 0.5) is 4.79 Å². The Hall–Kier alpha value is -3.40. The number of nitrogens with one attached hydrogen (secondary N) is 1. The third kappa shape index (κ3) is 4.13. The first-order valence-corrected chi connectivity index (χ1v) is 13.6. The van der Waals surface area contributed by atoms with E-state index >= 15 is 0 Å². The van der Waals surface area contributed by atoms with Crippen molar-refractivity contribution in [3.63, 3.8) is 0 Å². The number of benzene rings is 1. The van der Waals surface area contributed by atoms with Gasteiger partial charge in [-0.3, -0.25) is 4.40 Å². The van der Waals surface area contributed by atoms with E-state index in [4.69, 9.17) is 9.72 Å². The molecule has 3 aromatic heterocycles. The second-order valence-electron chi connectivity index (χ2n) is 10.5. The van der Waals surface area contributed by atoms with E-state index in [-0.39, 0.29) is 27.9 Å². The molecule has 0 saturated carbocycles. The highest BCUT2D eigenvalue weighted by Gasteiger charge is 2.37.